The molecule has 2 nitrogen and oxygen atoms in total. The van der Waals surface area contributed by atoms with Crippen molar-refractivity contribution in [2.24, 2.45) is 5.73 Å². The van der Waals surface area contributed by atoms with Crippen molar-refractivity contribution < 1.29 is 0 Å². The van der Waals surface area contributed by atoms with Gasteiger partial charge in [-0.2, -0.15) is 0 Å². The Balaban J connectivity index is 0.00000196. The maximum Gasteiger partial charge on any atom is 0.161 e. The van der Waals surface area contributed by atoms with Crippen molar-refractivity contribution in [2.75, 3.05) is 5.75 Å². The molecule has 3 N–H and O–H groups in total. The van der Waals surface area contributed by atoms with Crippen molar-refractivity contribution in [1.29, 1.82) is 5.41 Å². The van der Waals surface area contributed by atoms with Crippen LogP contribution >= 0.6 is 45.6 Å². The highest BCUT2D eigenvalue weighted by Gasteiger charge is 1.95. The zero-order valence-corrected chi connectivity index (χ0v) is 11.1. The summed E-state index contributed by atoms with van der Waals surface area (Å²) >= 11 is 5.76. The largest absolute Gasteiger partial charge is 0.378 e. The minimum atomic E-state index is 0. The summed E-state index contributed by atoms with van der Waals surface area (Å²) in [7, 11) is 2.90. The van der Waals surface area contributed by atoms with E-state index in [1.165, 1.54) is 16.4 Å². The van der Waals surface area contributed by atoms with E-state index in [1.807, 2.05) is 24.3 Å². The Kier molecular flexibility index (Phi) is 8.14. The normalized spacial score (nSPS) is 9.40. The lowest BCUT2D eigenvalue weighted by Crippen LogP contribution is -2.01. The first-order chi connectivity index (χ1) is 6.68. The standard InChI is InChI=1S/C9H11ClN2S2.ClH/c10-8-3-1-7(2-4-8)5-6-13-14-9(11)12;/h1-4H,5-6H2,(H3,11,12);1H. The van der Waals surface area contributed by atoms with Crippen molar-refractivity contribution in [3.63, 3.8) is 0 Å². The highest BCUT2D eigenvalue weighted by Crippen LogP contribution is 2.21. The summed E-state index contributed by atoms with van der Waals surface area (Å²) in [6, 6.07) is 7.81. The van der Waals surface area contributed by atoms with Crippen LogP contribution in [-0.4, -0.2) is 10.9 Å². The van der Waals surface area contributed by atoms with Gasteiger partial charge in [0.1, 0.15) is 0 Å². The Hall–Kier alpha value is -0.0300. The van der Waals surface area contributed by atoms with Crippen LogP contribution in [0.4, 0.5) is 0 Å². The number of hydrogen-bond acceptors (Lipinski definition) is 3. The van der Waals surface area contributed by atoms with E-state index in [2.05, 4.69) is 0 Å². The van der Waals surface area contributed by atoms with E-state index in [4.69, 9.17) is 22.7 Å². The van der Waals surface area contributed by atoms with Gasteiger partial charge in [0.15, 0.2) is 5.17 Å². The predicted octanol–water partition coefficient (Wildman–Crippen LogP) is 3.58. The molecule has 0 saturated heterocycles. The average molecular weight is 283 g/mol. The second-order valence-corrected chi connectivity index (χ2v) is 5.54. The van der Waals surface area contributed by atoms with Gasteiger partial charge >= 0.3 is 0 Å². The van der Waals surface area contributed by atoms with Gasteiger partial charge in [-0.25, -0.2) is 0 Å². The second-order valence-electron chi connectivity index (χ2n) is 2.65. The maximum absolute atomic E-state index is 7.01. The number of rotatable bonds is 4. The highest BCUT2D eigenvalue weighted by atomic mass is 35.5. The Morgan fingerprint density at radius 1 is 1.33 bits per heavy atom. The van der Waals surface area contributed by atoms with Crippen molar-refractivity contribution in [3.8, 4) is 0 Å². The number of aryl methyl sites for hydroxylation is 1. The summed E-state index contributed by atoms with van der Waals surface area (Å²) in [5.74, 6) is 0.950. The number of nitrogens with two attached hydrogens (primary N) is 1. The third kappa shape index (κ3) is 6.95. The van der Waals surface area contributed by atoms with Crippen LogP contribution in [0.2, 0.25) is 5.02 Å². The van der Waals surface area contributed by atoms with E-state index < -0.39 is 0 Å². The van der Waals surface area contributed by atoms with Gasteiger partial charge in [-0.1, -0.05) is 34.5 Å². The predicted molar refractivity (Wildman–Crippen MR) is 74.4 cm³/mol. The molecule has 0 aromatic heterocycles. The molecule has 0 atom stereocenters. The molecule has 15 heavy (non-hydrogen) atoms. The Labute approximate surface area is 109 Å². The van der Waals surface area contributed by atoms with Crippen LogP contribution in [0.1, 0.15) is 5.56 Å². The first kappa shape index (κ1) is 15.0. The molecular formula is C9H12Cl2N2S2. The quantitative estimate of drug-likeness (QED) is 0.384. The lowest BCUT2D eigenvalue weighted by atomic mass is 10.2. The van der Waals surface area contributed by atoms with E-state index >= 15 is 0 Å². The molecule has 0 fully saturated rings. The number of hydrogen-bond donors (Lipinski definition) is 2. The lowest BCUT2D eigenvalue weighted by molar-refractivity contribution is 1.16. The van der Waals surface area contributed by atoms with Crippen LogP contribution < -0.4 is 5.73 Å². The van der Waals surface area contributed by atoms with Crippen LogP contribution in [0, 0.1) is 5.41 Å². The summed E-state index contributed by atoms with van der Waals surface area (Å²) < 4.78 is 0. The van der Waals surface area contributed by atoms with Crippen molar-refractivity contribution in [1.82, 2.24) is 0 Å². The minimum Gasteiger partial charge on any atom is -0.378 e. The molecule has 0 radical (unpaired) electrons. The van der Waals surface area contributed by atoms with Gasteiger partial charge in [-0.3, -0.25) is 5.41 Å². The number of amidine groups is 1. The van der Waals surface area contributed by atoms with Crippen LogP contribution in [-0.2, 0) is 6.42 Å². The Morgan fingerprint density at radius 2 is 1.93 bits per heavy atom. The van der Waals surface area contributed by atoms with Crippen LogP contribution in [0.3, 0.4) is 0 Å². The summed E-state index contributed by atoms with van der Waals surface area (Å²) in [6.07, 6.45) is 0.974. The van der Waals surface area contributed by atoms with Crippen molar-refractivity contribution >= 4 is 50.8 Å². The molecule has 0 amide bonds. The van der Waals surface area contributed by atoms with E-state index in [0.29, 0.717) is 0 Å². The van der Waals surface area contributed by atoms with Crippen LogP contribution in [0.5, 0.6) is 0 Å². The molecule has 0 spiro atoms. The van der Waals surface area contributed by atoms with Crippen molar-refractivity contribution in [2.45, 2.75) is 6.42 Å². The molecule has 0 aliphatic carbocycles. The third-order valence-electron chi connectivity index (χ3n) is 1.54. The van der Waals surface area contributed by atoms with E-state index in [1.54, 1.807) is 10.8 Å². The number of benzene rings is 1. The van der Waals surface area contributed by atoms with E-state index in [-0.39, 0.29) is 17.6 Å². The highest BCUT2D eigenvalue weighted by molar-refractivity contribution is 8.82. The summed E-state index contributed by atoms with van der Waals surface area (Å²) in [6.45, 7) is 0. The Bertz CT molecular complexity index is 303. The zero-order chi connectivity index (χ0) is 10.4. The molecule has 1 rings (SSSR count). The molecule has 0 unspecified atom stereocenters. The van der Waals surface area contributed by atoms with E-state index in [0.717, 1.165) is 17.2 Å². The maximum atomic E-state index is 7.01. The SMILES string of the molecule is Cl.N=C(N)SSCCc1ccc(Cl)cc1. The molecule has 0 aliphatic rings. The Morgan fingerprint density at radius 3 is 2.47 bits per heavy atom. The minimum absolute atomic E-state index is 0. The lowest BCUT2D eigenvalue weighted by Gasteiger charge is -2.00. The number of halogens is 2. The monoisotopic (exact) mass is 282 g/mol. The molecular weight excluding hydrogens is 271 g/mol. The summed E-state index contributed by atoms with van der Waals surface area (Å²) in [5, 5.41) is 7.93. The smallest absolute Gasteiger partial charge is 0.161 e. The molecule has 0 heterocycles. The molecule has 0 bridgehead atoms. The molecule has 0 aliphatic heterocycles. The van der Waals surface area contributed by atoms with Crippen molar-refractivity contribution in [3.05, 3.63) is 34.9 Å². The molecule has 1 aromatic carbocycles. The average Bonchev–Trinajstić information content (AvgIpc) is 2.15. The van der Waals surface area contributed by atoms with Gasteiger partial charge in [0.2, 0.25) is 0 Å². The van der Waals surface area contributed by atoms with Gasteiger partial charge < -0.3 is 5.73 Å². The van der Waals surface area contributed by atoms with Crippen LogP contribution in [0.15, 0.2) is 24.3 Å². The first-order valence-electron chi connectivity index (χ1n) is 4.06. The van der Waals surface area contributed by atoms with Gasteiger partial charge in [0.05, 0.1) is 0 Å². The van der Waals surface area contributed by atoms with Gasteiger partial charge in [0, 0.05) is 10.8 Å². The fourth-order valence-corrected chi connectivity index (χ4v) is 2.45. The molecule has 0 saturated carbocycles. The third-order valence-corrected chi connectivity index (χ3v) is 3.85. The molecule has 6 heteroatoms. The second kappa shape index (κ2) is 8.16. The first-order valence-corrected chi connectivity index (χ1v) is 6.76. The van der Waals surface area contributed by atoms with Gasteiger partial charge in [0.25, 0.3) is 0 Å². The topological polar surface area (TPSA) is 49.9 Å². The molecule has 84 valence electrons. The fraction of sp³-hybridized carbons (Fsp3) is 0.222. The summed E-state index contributed by atoms with van der Waals surface area (Å²) in [4.78, 5) is 0. The van der Waals surface area contributed by atoms with Crippen LogP contribution in [0.25, 0.3) is 0 Å². The zero-order valence-electron chi connectivity index (χ0n) is 7.90. The van der Waals surface area contributed by atoms with Gasteiger partial charge in [-0.15, -0.1) is 12.4 Å². The fourth-order valence-electron chi connectivity index (χ4n) is 0.916. The van der Waals surface area contributed by atoms with E-state index in [9.17, 15) is 0 Å². The molecule has 1 aromatic rings. The van der Waals surface area contributed by atoms with Gasteiger partial charge in [-0.05, 0) is 34.9 Å². The number of nitrogens with one attached hydrogen (secondary N) is 1. The summed E-state index contributed by atoms with van der Waals surface area (Å²) in [5.41, 5.74) is 6.46.